The van der Waals surface area contributed by atoms with Gasteiger partial charge < -0.3 is 0 Å². The highest BCUT2D eigenvalue weighted by Crippen LogP contribution is 2.52. The van der Waals surface area contributed by atoms with Crippen molar-refractivity contribution in [2.24, 2.45) is 17.8 Å². The summed E-state index contributed by atoms with van der Waals surface area (Å²) in [5.74, 6) is 2.79. The molecule has 1 saturated carbocycles. The van der Waals surface area contributed by atoms with Crippen molar-refractivity contribution in [1.29, 1.82) is 0 Å². The molecular weight excluding hydrogens is 232 g/mol. The van der Waals surface area contributed by atoms with Crippen molar-refractivity contribution in [1.82, 2.24) is 0 Å². The second kappa shape index (κ2) is 6.74. The van der Waals surface area contributed by atoms with Gasteiger partial charge in [0, 0.05) is 8.80 Å². The molecule has 1 fully saturated rings. The van der Waals surface area contributed by atoms with E-state index < -0.39 is 8.80 Å². The van der Waals surface area contributed by atoms with Crippen LogP contribution >= 0.6 is 0 Å². The summed E-state index contributed by atoms with van der Waals surface area (Å²) in [5, 5.41) is 0. The van der Waals surface area contributed by atoms with Gasteiger partial charge in [0.05, 0.1) is 0 Å². The molecule has 4 atom stereocenters. The van der Waals surface area contributed by atoms with Gasteiger partial charge in [0.15, 0.2) is 0 Å². The van der Waals surface area contributed by atoms with E-state index >= 15 is 0 Å². The second-order valence-electron chi connectivity index (χ2n) is 6.30. The van der Waals surface area contributed by atoms with Crippen molar-refractivity contribution in [3.05, 3.63) is 24.3 Å². The van der Waals surface area contributed by atoms with Crippen LogP contribution in [0.2, 0.25) is 17.6 Å². The van der Waals surface area contributed by atoms with E-state index in [-0.39, 0.29) is 0 Å². The fraction of sp³-hybridized carbons (Fsp3) is 0.765. The lowest BCUT2D eigenvalue weighted by Crippen LogP contribution is -2.23. The maximum atomic E-state index is 2.55. The number of allylic oxidation sites excluding steroid dienone is 4. The maximum Gasteiger partial charge on any atom is 0.0400 e. The highest BCUT2D eigenvalue weighted by Gasteiger charge is 2.43. The summed E-state index contributed by atoms with van der Waals surface area (Å²) in [6.07, 6.45) is 15.5. The monoisotopic (exact) mass is 262 g/mol. The summed E-state index contributed by atoms with van der Waals surface area (Å²) in [5.41, 5.74) is 1.09. The van der Waals surface area contributed by atoms with Crippen molar-refractivity contribution in [2.75, 3.05) is 0 Å². The number of hydrogen-bond acceptors (Lipinski definition) is 0. The van der Waals surface area contributed by atoms with Gasteiger partial charge in [-0.2, -0.15) is 0 Å². The molecule has 1 heteroatoms. The quantitative estimate of drug-likeness (QED) is 0.578. The van der Waals surface area contributed by atoms with E-state index in [1.165, 1.54) is 31.4 Å². The lowest BCUT2D eigenvalue weighted by Gasteiger charge is -2.27. The van der Waals surface area contributed by atoms with Gasteiger partial charge in [-0.05, 0) is 36.1 Å². The number of hydrogen-bond donors (Lipinski definition) is 0. The SMILES string of the molecule is CCCCC1CC([SiH](CC)CC)C2C=CC=CC12. The summed E-state index contributed by atoms with van der Waals surface area (Å²) >= 11 is 0. The molecule has 4 unspecified atom stereocenters. The third-order valence-electron chi connectivity index (χ3n) is 5.42. The molecule has 2 aliphatic carbocycles. The largest absolute Gasteiger partial charge is 0.0808 e. The molecule has 0 N–H and O–H groups in total. The zero-order valence-corrected chi connectivity index (χ0v) is 13.6. The first-order valence-electron chi connectivity index (χ1n) is 8.16. The molecule has 0 aliphatic heterocycles. The number of rotatable bonds is 6. The van der Waals surface area contributed by atoms with E-state index in [1.54, 1.807) is 6.42 Å². The summed E-state index contributed by atoms with van der Waals surface area (Å²) in [4.78, 5) is 0. The predicted molar refractivity (Wildman–Crippen MR) is 84.8 cm³/mol. The fourth-order valence-electron chi connectivity index (χ4n) is 4.38. The highest BCUT2D eigenvalue weighted by atomic mass is 28.3. The van der Waals surface area contributed by atoms with E-state index in [1.807, 2.05) is 0 Å². The molecule has 102 valence electrons. The summed E-state index contributed by atoms with van der Waals surface area (Å²) in [6.45, 7) is 7.21. The van der Waals surface area contributed by atoms with Gasteiger partial charge in [-0.3, -0.25) is 0 Å². The Balaban J connectivity index is 2.09. The van der Waals surface area contributed by atoms with Gasteiger partial charge in [0.25, 0.3) is 0 Å². The van der Waals surface area contributed by atoms with Gasteiger partial charge in [0.1, 0.15) is 0 Å². The minimum Gasteiger partial charge on any atom is -0.0808 e. The van der Waals surface area contributed by atoms with Crippen molar-refractivity contribution in [2.45, 2.75) is 64.1 Å². The van der Waals surface area contributed by atoms with Gasteiger partial charge in [-0.1, -0.05) is 70.0 Å². The van der Waals surface area contributed by atoms with Crippen LogP contribution in [0, 0.1) is 17.8 Å². The Morgan fingerprint density at radius 3 is 2.28 bits per heavy atom. The van der Waals surface area contributed by atoms with Gasteiger partial charge in [0.2, 0.25) is 0 Å². The predicted octanol–water partition coefficient (Wildman–Crippen LogP) is 5.19. The molecule has 0 amide bonds. The van der Waals surface area contributed by atoms with Crippen molar-refractivity contribution in [3.63, 3.8) is 0 Å². The summed E-state index contributed by atoms with van der Waals surface area (Å²) in [7, 11) is -0.496. The van der Waals surface area contributed by atoms with Crippen molar-refractivity contribution < 1.29 is 0 Å². The molecule has 0 aromatic rings. The number of unbranched alkanes of at least 4 members (excludes halogenated alkanes) is 1. The van der Waals surface area contributed by atoms with Crippen LogP contribution in [0.4, 0.5) is 0 Å². The number of fused-ring (bicyclic) bond motifs is 1. The lowest BCUT2D eigenvalue weighted by molar-refractivity contribution is 0.383. The van der Waals surface area contributed by atoms with Crippen LogP contribution in [0.25, 0.3) is 0 Å². The topological polar surface area (TPSA) is 0 Å². The Bertz CT molecular complexity index is 301. The minimum absolute atomic E-state index is 0.496. The summed E-state index contributed by atoms with van der Waals surface area (Å²) in [6, 6.07) is 3.00. The molecule has 0 saturated heterocycles. The summed E-state index contributed by atoms with van der Waals surface area (Å²) < 4.78 is 0. The van der Waals surface area contributed by atoms with Gasteiger partial charge in [-0.25, -0.2) is 0 Å². The Labute approximate surface area is 115 Å². The molecular formula is C17H30Si. The molecule has 2 rings (SSSR count). The third-order valence-corrected chi connectivity index (χ3v) is 9.44. The maximum absolute atomic E-state index is 2.55. The second-order valence-corrected chi connectivity index (χ2v) is 10.3. The van der Waals surface area contributed by atoms with Crippen LogP contribution < -0.4 is 0 Å². The lowest BCUT2D eigenvalue weighted by atomic mass is 9.84. The minimum atomic E-state index is -0.496. The molecule has 0 aromatic heterocycles. The Kier molecular flexibility index (Phi) is 5.29. The normalized spacial score (nSPS) is 34.2. The smallest absolute Gasteiger partial charge is 0.0400 e. The van der Waals surface area contributed by atoms with E-state index in [4.69, 9.17) is 0 Å². The highest BCUT2D eigenvalue weighted by molar-refractivity contribution is 6.60. The van der Waals surface area contributed by atoms with Gasteiger partial charge >= 0.3 is 0 Å². The molecule has 0 nitrogen and oxygen atoms in total. The standard InChI is InChI=1S/C17H30Si/c1-4-7-10-14-13-17(18(5-2)6-3)16-12-9-8-11-15(14)16/h8-9,11-12,14-18H,4-7,10,13H2,1-3H3. The third kappa shape index (κ3) is 2.82. The Morgan fingerprint density at radius 2 is 1.67 bits per heavy atom. The van der Waals surface area contributed by atoms with Crippen LogP contribution in [0.5, 0.6) is 0 Å². The van der Waals surface area contributed by atoms with E-state index in [0.29, 0.717) is 0 Å². The van der Waals surface area contributed by atoms with Crippen molar-refractivity contribution in [3.8, 4) is 0 Å². The molecule has 0 spiro atoms. The zero-order valence-electron chi connectivity index (χ0n) is 12.4. The van der Waals surface area contributed by atoms with Crippen LogP contribution in [0.15, 0.2) is 24.3 Å². The first kappa shape index (κ1) is 14.1. The molecule has 0 bridgehead atoms. The average Bonchev–Trinajstić information content (AvgIpc) is 2.77. The molecule has 0 aromatic carbocycles. The van der Waals surface area contributed by atoms with Crippen molar-refractivity contribution >= 4 is 8.80 Å². The molecule has 18 heavy (non-hydrogen) atoms. The first-order valence-corrected chi connectivity index (χ1v) is 10.5. The van der Waals surface area contributed by atoms with E-state index in [2.05, 4.69) is 45.1 Å². The van der Waals surface area contributed by atoms with Crippen LogP contribution in [0.3, 0.4) is 0 Å². The van der Waals surface area contributed by atoms with Crippen LogP contribution in [-0.4, -0.2) is 8.80 Å². The van der Waals surface area contributed by atoms with Crippen LogP contribution in [0.1, 0.15) is 46.5 Å². The average molecular weight is 263 g/mol. The first-order chi connectivity index (χ1) is 8.81. The fourth-order valence-corrected chi connectivity index (χ4v) is 7.92. The van der Waals surface area contributed by atoms with Gasteiger partial charge in [-0.15, -0.1) is 0 Å². The molecule has 2 aliphatic rings. The van der Waals surface area contributed by atoms with Crippen LogP contribution in [-0.2, 0) is 0 Å². The van der Waals surface area contributed by atoms with E-state index in [0.717, 1.165) is 23.3 Å². The molecule has 0 radical (unpaired) electrons. The Morgan fingerprint density at radius 1 is 1.00 bits per heavy atom. The van der Waals surface area contributed by atoms with E-state index in [9.17, 15) is 0 Å². The molecule has 0 heterocycles. The zero-order chi connectivity index (χ0) is 13.0. The Hall–Kier alpha value is -0.303.